The number of carbonyl (C=O) groups is 2. The number of likely N-dealkylation sites (tertiary alicyclic amines) is 1. The summed E-state index contributed by atoms with van der Waals surface area (Å²) in [5, 5.41) is 6.09. The van der Waals surface area contributed by atoms with Crippen molar-refractivity contribution in [3.05, 3.63) is 0 Å². The van der Waals surface area contributed by atoms with Crippen LogP contribution < -0.4 is 10.6 Å². The number of ether oxygens (including phenoxy) is 1. The van der Waals surface area contributed by atoms with Gasteiger partial charge in [0.15, 0.2) is 0 Å². The number of nitrogens with zero attached hydrogens (tertiary/aromatic N) is 1. The third-order valence-corrected chi connectivity index (χ3v) is 4.28. The molecule has 2 saturated heterocycles. The largest absolute Gasteiger partial charge is 0.382 e. The lowest BCUT2D eigenvalue weighted by Crippen LogP contribution is -2.54. The maximum Gasteiger partial charge on any atom is 0.228 e. The fourth-order valence-electron chi connectivity index (χ4n) is 2.76. The monoisotopic (exact) mass is 297 g/mol. The molecule has 0 saturated carbocycles. The van der Waals surface area contributed by atoms with Gasteiger partial charge in [0.2, 0.25) is 11.8 Å². The molecule has 0 aliphatic carbocycles. The number of nitrogens with one attached hydrogen (secondary N) is 2. The summed E-state index contributed by atoms with van der Waals surface area (Å²) in [7, 11) is 0. The van der Waals surface area contributed by atoms with Crippen molar-refractivity contribution < 1.29 is 14.3 Å². The van der Waals surface area contributed by atoms with Gasteiger partial charge in [-0.05, 0) is 26.2 Å². The van der Waals surface area contributed by atoms with Crippen molar-refractivity contribution in [3.8, 4) is 0 Å². The highest BCUT2D eigenvalue weighted by Crippen LogP contribution is 2.20. The summed E-state index contributed by atoms with van der Waals surface area (Å²) < 4.78 is 5.24. The van der Waals surface area contributed by atoms with Crippen LogP contribution in [-0.2, 0) is 14.3 Å². The lowest BCUT2D eigenvalue weighted by Gasteiger charge is -2.36. The Labute approximate surface area is 126 Å². The summed E-state index contributed by atoms with van der Waals surface area (Å²) in [5.74, 6) is 0.600. The number of amides is 2. The van der Waals surface area contributed by atoms with Gasteiger partial charge < -0.3 is 20.3 Å². The molecule has 120 valence electrons. The van der Waals surface area contributed by atoms with E-state index in [0.717, 1.165) is 39.0 Å². The maximum absolute atomic E-state index is 12.1. The van der Waals surface area contributed by atoms with Crippen LogP contribution in [0, 0.1) is 11.8 Å². The van der Waals surface area contributed by atoms with Gasteiger partial charge in [-0.25, -0.2) is 0 Å². The average Bonchev–Trinajstić information content (AvgIpc) is 2.45. The molecule has 21 heavy (non-hydrogen) atoms. The lowest BCUT2D eigenvalue weighted by molar-refractivity contribution is -0.140. The Kier molecular flexibility index (Phi) is 6.45. The highest BCUT2D eigenvalue weighted by Gasteiger charge is 2.32. The van der Waals surface area contributed by atoms with E-state index in [0.29, 0.717) is 26.2 Å². The van der Waals surface area contributed by atoms with Crippen molar-refractivity contribution in [2.75, 3.05) is 45.9 Å². The quantitative estimate of drug-likeness (QED) is 0.648. The van der Waals surface area contributed by atoms with Crippen LogP contribution in [0.4, 0.5) is 0 Å². The van der Waals surface area contributed by atoms with Crippen molar-refractivity contribution in [2.24, 2.45) is 11.8 Å². The smallest absolute Gasteiger partial charge is 0.228 e. The summed E-state index contributed by atoms with van der Waals surface area (Å²) in [6.07, 6.45) is 2.41. The van der Waals surface area contributed by atoms with E-state index in [9.17, 15) is 9.59 Å². The Balaban J connectivity index is 1.61. The highest BCUT2D eigenvalue weighted by molar-refractivity contribution is 5.81. The minimum absolute atomic E-state index is 0.0562. The molecule has 0 unspecified atom stereocenters. The van der Waals surface area contributed by atoms with E-state index in [-0.39, 0.29) is 23.7 Å². The van der Waals surface area contributed by atoms with Gasteiger partial charge in [0.05, 0.1) is 5.92 Å². The van der Waals surface area contributed by atoms with E-state index in [2.05, 4.69) is 10.6 Å². The van der Waals surface area contributed by atoms with Crippen LogP contribution in [0.2, 0.25) is 0 Å². The molecule has 2 heterocycles. The molecule has 0 aromatic rings. The Morgan fingerprint density at radius 3 is 2.52 bits per heavy atom. The van der Waals surface area contributed by atoms with Gasteiger partial charge in [-0.15, -0.1) is 0 Å². The fourth-order valence-corrected chi connectivity index (χ4v) is 2.76. The van der Waals surface area contributed by atoms with Crippen molar-refractivity contribution in [1.82, 2.24) is 15.5 Å². The molecule has 2 aliphatic rings. The molecule has 0 bridgehead atoms. The van der Waals surface area contributed by atoms with Gasteiger partial charge in [-0.2, -0.15) is 0 Å². The number of carbonyl (C=O) groups excluding carboxylic acids is 2. The molecule has 2 rings (SSSR count). The van der Waals surface area contributed by atoms with Crippen molar-refractivity contribution in [2.45, 2.75) is 26.2 Å². The van der Waals surface area contributed by atoms with Crippen LogP contribution in [0.5, 0.6) is 0 Å². The second-order valence-corrected chi connectivity index (χ2v) is 5.80. The Morgan fingerprint density at radius 2 is 1.95 bits per heavy atom. The molecule has 0 aromatic carbocycles. The standard InChI is InChI=1S/C15H27N3O3/c1-2-21-9-3-6-17-14(19)12-4-7-18(8-5-12)15(20)13-10-16-11-13/h12-13,16H,2-11H2,1H3,(H,17,19). The van der Waals surface area contributed by atoms with Crippen LogP contribution in [0.15, 0.2) is 0 Å². The van der Waals surface area contributed by atoms with Gasteiger partial charge in [-0.1, -0.05) is 0 Å². The molecule has 0 spiro atoms. The van der Waals surface area contributed by atoms with Gasteiger partial charge in [-0.3, -0.25) is 9.59 Å². The van der Waals surface area contributed by atoms with E-state index in [1.165, 1.54) is 0 Å². The molecule has 0 atom stereocenters. The molecule has 0 aromatic heterocycles. The normalized spacial score (nSPS) is 20.1. The summed E-state index contributed by atoms with van der Waals surface area (Å²) >= 11 is 0. The molecule has 0 radical (unpaired) electrons. The summed E-state index contributed by atoms with van der Waals surface area (Å²) in [4.78, 5) is 26.1. The number of hydrogen-bond acceptors (Lipinski definition) is 4. The topological polar surface area (TPSA) is 70.7 Å². The Bertz CT molecular complexity index is 350. The molecule has 2 aliphatic heterocycles. The zero-order valence-corrected chi connectivity index (χ0v) is 12.9. The molecule has 2 amide bonds. The van der Waals surface area contributed by atoms with E-state index in [1.807, 2.05) is 11.8 Å². The SMILES string of the molecule is CCOCCCNC(=O)C1CCN(C(=O)C2CNC2)CC1. The number of rotatable bonds is 7. The van der Waals surface area contributed by atoms with Crippen LogP contribution in [-0.4, -0.2) is 62.7 Å². The highest BCUT2D eigenvalue weighted by atomic mass is 16.5. The Hall–Kier alpha value is -1.14. The molecular weight excluding hydrogens is 270 g/mol. The minimum atomic E-state index is 0.0562. The first-order valence-electron chi connectivity index (χ1n) is 8.07. The molecule has 6 nitrogen and oxygen atoms in total. The third-order valence-electron chi connectivity index (χ3n) is 4.28. The summed E-state index contributed by atoms with van der Waals surface area (Å²) in [6.45, 7) is 7.09. The van der Waals surface area contributed by atoms with Crippen LogP contribution >= 0.6 is 0 Å². The third kappa shape index (κ3) is 4.68. The summed E-state index contributed by atoms with van der Waals surface area (Å²) in [6, 6.07) is 0. The minimum Gasteiger partial charge on any atom is -0.382 e. The second kappa shape index (κ2) is 8.34. The maximum atomic E-state index is 12.1. The van der Waals surface area contributed by atoms with E-state index >= 15 is 0 Å². The average molecular weight is 297 g/mol. The first-order valence-corrected chi connectivity index (χ1v) is 8.07. The lowest BCUT2D eigenvalue weighted by atomic mass is 9.93. The first-order chi connectivity index (χ1) is 10.2. The van der Waals surface area contributed by atoms with Gasteiger partial charge in [0.25, 0.3) is 0 Å². The van der Waals surface area contributed by atoms with Crippen LogP contribution in [0.3, 0.4) is 0 Å². The number of piperidine rings is 1. The van der Waals surface area contributed by atoms with E-state index in [1.54, 1.807) is 0 Å². The first kappa shape index (κ1) is 16.2. The van der Waals surface area contributed by atoms with Crippen molar-refractivity contribution >= 4 is 11.8 Å². The van der Waals surface area contributed by atoms with Crippen LogP contribution in [0.25, 0.3) is 0 Å². The second-order valence-electron chi connectivity index (χ2n) is 5.80. The van der Waals surface area contributed by atoms with E-state index in [4.69, 9.17) is 4.74 Å². The number of hydrogen-bond donors (Lipinski definition) is 2. The molecular formula is C15H27N3O3. The predicted octanol–water partition coefficient (Wildman–Crippen LogP) is -0.0128. The van der Waals surface area contributed by atoms with Crippen molar-refractivity contribution in [1.29, 1.82) is 0 Å². The zero-order valence-electron chi connectivity index (χ0n) is 12.9. The molecule has 2 N–H and O–H groups in total. The fraction of sp³-hybridized carbons (Fsp3) is 0.867. The Morgan fingerprint density at radius 1 is 1.24 bits per heavy atom. The van der Waals surface area contributed by atoms with Crippen molar-refractivity contribution in [3.63, 3.8) is 0 Å². The molecule has 2 fully saturated rings. The van der Waals surface area contributed by atoms with Gasteiger partial charge in [0.1, 0.15) is 0 Å². The van der Waals surface area contributed by atoms with E-state index < -0.39 is 0 Å². The summed E-state index contributed by atoms with van der Waals surface area (Å²) in [5.41, 5.74) is 0. The molecule has 6 heteroatoms. The van der Waals surface area contributed by atoms with Gasteiger partial charge in [0, 0.05) is 51.9 Å². The van der Waals surface area contributed by atoms with Gasteiger partial charge >= 0.3 is 0 Å². The zero-order chi connectivity index (χ0) is 15.1. The predicted molar refractivity (Wildman–Crippen MR) is 79.8 cm³/mol. The van der Waals surface area contributed by atoms with Crippen LogP contribution in [0.1, 0.15) is 26.2 Å².